The number of allylic oxidation sites excluding steroid dienone is 1. The lowest BCUT2D eigenvalue weighted by Crippen LogP contribution is -2.35. The van der Waals surface area contributed by atoms with Crippen LogP contribution in [-0.4, -0.2) is 42.6 Å². The summed E-state index contributed by atoms with van der Waals surface area (Å²) in [4.78, 5) is 24.3. The Labute approximate surface area is 223 Å². The molecular formula is C28H36NO8P. The predicted molar refractivity (Wildman–Crippen MR) is 144 cm³/mol. The van der Waals surface area contributed by atoms with Crippen LogP contribution in [0.3, 0.4) is 0 Å². The first-order chi connectivity index (χ1) is 18.1. The second-order valence-corrected chi connectivity index (χ2v) is 11.2. The number of benzene rings is 2. The number of esters is 2. The second kappa shape index (κ2) is 13.1. The minimum absolute atomic E-state index is 0.0344. The van der Waals surface area contributed by atoms with E-state index in [1.165, 1.54) is 0 Å². The number of nitrogens with one attached hydrogen (secondary N) is 1. The van der Waals surface area contributed by atoms with Crippen molar-refractivity contribution in [3.8, 4) is 11.5 Å². The van der Waals surface area contributed by atoms with Gasteiger partial charge in [0, 0.05) is 11.1 Å². The first kappa shape index (κ1) is 29.4. The van der Waals surface area contributed by atoms with Crippen LogP contribution in [0.5, 0.6) is 11.5 Å². The third-order valence-electron chi connectivity index (χ3n) is 6.27. The van der Waals surface area contributed by atoms with E-state index >= 15 is 0 Å². The van der Waals surface area contributed by atoms with Crippen LogP contribution in [0.2, 0.25) is 0 Å². The summed E-state index contributed by atoms with van der Waals surface area (Å²) in [6.45, 7) is 9.58. The first-order valence-electron chi connectivity index (χ1n) is 12.6. The van der Waals surface area contributed by atoms with Gasteiger partial charge in [-0.05, 0) is 63.8 Å². The zero-order chi connectivity index (χ0) is 27.9. The molecule has 2 aromatic carbocycles. The van der Waals surface area contributed by atoms with Crippen LogP contribution in [0.1, 0.15) is 60.3 Å². The molecule has 9 nitrogen and oxygen atoms in total. The molecule has 0 radical (unpaired) electrons. The van der Waals surface area contributed by atoms with Gasteiger partial charge in [-0.25, -0.2) is 9.88 Å². The molecule has 2 N–H and O–H groups in total. The minimum atomic E-state index is -3.64. The van der Waals surface area contributed by atoms with E-state index in [1.54, 1.807) is 38.1 Å². The summed E-state index contributed by atoms with van der Waals surface area (Å²) in [6.07, 6.45) is 2.70. The molecule has 0 fully saturated rings. The Morgan fingerprint density at radius 1 is 1.24 bits per heavy atom. The topological polar surface area (TPSA) is 120 Å². The van der Waals surface area contributed by atoms with Crippen molar-refractivity contribution in [3.63, 3.8) is 0 Å². The van der Waals surface area contributed by atoms with Crippen LogP contribution >= 0.6 is 7.52 Å². The van der Waals surface area contributed by atoms with Gasteiger partial charge in [-0.15, -0.1) is 0 Å². The number of cyclic esters (lactones) is 1. The van der Waals surface area contributed by atoms with Crippen molar-refractivity contribution in [2.45, 2.75) is 60.1 Å². The minimum Gasteiger partial charge on any atom is -0.507 e. The molecule has 1 aliphatic rings. The van der Waals surface area contributed by atoms with Crippen LogP contribution in [0.25, 0.3) is 0 Å². The standard InChI is InChI=1S/C28H36NO8P/c1-6-22-19(4)24-16-36-28(32)25(24)26(30)23(22)14-13-18(3)15-34-17-38(33,29-20(5)27(31)35-7-2)37-21-11-9-8-10-12-21/h8-13,20,30H,6-7,14-17H2,1-5H3,(H,29,33)/b18-13+/t20-,38?/m0/s1. The van der Waals surface area contributed by atoms with Crippen molar-refractivity contribution >= 4 is 19.5 Å². The summed E-state index contributed by atoms with van der Waals surface area (Å²) >= 11 is 0. The third kappa shape index (κ3) is 7.04. The van der Waals surface area contributed by atoms with Gasteiger partial charge < -0.3 is 23.8 Å². The molecule has 0 bridgehead atoms. The number of fused-ring (bicyclic) bond motifs is 1. The van der Waals surface area contributed by atoms with Crippen molar-refractivity contribution in [1.29, 1.82) is 0 Å². The number of aromatic hydroxyl groups is 1. The second-order valence-electron chi connectivity index (χ2n) is 9.13. The van der Waals surface area contributed by atoms with Crippen LogP contribution in [-0.2, 0) is 43.0 Å². The van der Waals surface area contributed by atoms with Crippen LogP contribution < -0.4 is 9.61 Å². The fraction of sp³-hybridized carbons (Fsp3) is 0.429. The zero-order valence-electron chi connectivity index (χ0n) is 22.5. The van der Waals surface area contributed by atoms with Gasteiger partial charge in [-0.3, -0.25) is 9.36 Å². The monoisotopic (exact) mass is 545 g/mol. The molecule has 1 unspecified atom stereocenters. The van der Waals surface area contributed by atoms with Gasteiger partial charge >= 0.3 is 19.5 Å². The molecule has 2 atom stereocenters. The van der Waals surface area contributed by atoms with E-state index in [4.69, 9.17) is 18.7 Å². The van der Waals surface area contributed by atoms with E-state index in [1.807, 2.05) is 32.9 Å². The number of rotatable bonds is 13. The smallest absolute Gasteiger partial charge is 0.342 e. The molecule has 0 aliphatic carbocycles. The number of hydrogen-bond donors (Lipinski definition) is 2. The van der Waals surface area contributed by atoms with Gasteiger partial charge in [0.2, 0.25) is 0 Å². The lowest BCUT2D eigenvalue weighted by atomic mass is 9.89. The maximum absolute atomic E-state index is 13.6. The van der Waals surface area contributed by atoms with E-state index in [9.17, 15) is 19.3 Å². The average Bonchev–Trinajstić information content (AvgIpc) is 3.27. The molecule has 0 saturated heterocycles. The molecule has 1 heterocycles. The Kier molecular flexibility index (Phi) is 10.1. The maximum atomic E-state index is 13.6. The number of carbonyl (C=O) groups excluding carboxylic acids is 2. The highest BCUT2D eigenvalue weighted by Crippen LogP contribution is 2.44. The van der Waals surface area contributed by atoms with E-state index in [0.717, 1.165) is 22.3 Å². The van der Waals surface area contributed by atoms with Crippen LogP contribution in [0.4, 0.5) is 0 Å². The number of carbonyl (C=O) groups is 2. The highest BCUT2D eigenvalue weighted by Gasteiger charge is 2.32. The first-order valence-corrected chi connectivity index (χ1v) is 14.5. The molecule has 3 rings (SSSR count). The van der Waals surface area contributed by atoms with Crippen molar-refractivity contribution in [1.82, 2.24) is 5.09 Å². The molecular weight excluding hydrogens is 509 g/mol. The number of hydrogen-bond acceptors (Lipinski definition) is 8. The van der Waals surface area contributed by atoms with Crippen LogP contribution in [0.15, 0.2) is 42.0 Å². The molecule has 0 amide bonds. The summed E-state index contributed by atoms with van der Waals surface area (Å²) < 4.78 is 35.3. The molecule has 2 aromatic rings. The molecule has 1 aliphatic heterocycles. The Bertz CT molecular complexity index is 1240. The summed E-state index contributed by atoms with van der Waals surface area (Å²) in [5.74, 6) is -0.705. The fourth-order valence-electron chi connectivity index (χ4n) is 4.36. The fourth-order valence-corrected chi connectivity index (χ4v) is 6.03. The SMILES string of the molecule is CCOC(=O)[C@H](C)NP(=O)(COC/C(C)=C/Cc1c(O)c2c(c(C)c1CC)COC2=O)Oc1ccccc1. The molecule has 206 valence electrons. The van der Waals surface area contributed by atoms with Gasteiger partial charge in [0.15, 0.2) is 0 Å². The molecule has 0 aromatic heterocycles. The Balaban J connectivity index is 1.71. The number of phenols is 1. The summed E-state index contributed by atoms with van der Waals surface area (Å²) in [5.41, 5.74) is 4.46. The van der Waals surface area contributed by atoms with Crippen LogP contribution in [0, 0.1) is 6.92 Å². The number of ether oxygens (including phenoxy) is 3. The highest BCUT2D eigenvalue weighted by molar-refractivity contribution is 7.57. The molecule has 10 heteroatoms. The summed E-state index contributed by atoms with van der Waals surface area (Å²) in [5, 5.41) is 13.6. The third-order valence-corrected chi connectivity index (χ3v) is 8.08. The Morgan fingerprint density at radius 3 is 2.61 bits per heavy atom. The number of para-hydroxylation sites is 1. The van der Waals surface area contributed by atoms with E-state index in [0.29, 0.717) is 24.2 Å². The average molecular weight is 546 g/mol. The van der Waals surface area contributed by atoms with E-state index in [2.05, 4.69) is 5.09 Å². The summed E-state index contributed by atoms with van der Waals surface area (Å²) in [6, 6.07) is 7.78. The Morgan fingerprint density at radius 2 is 1.95 bits per heavy atom. The Hall–Kier alpha value is -3.13. The lowest BCUT2D eigenvalue weighted by Gasteiger charge is -2.23. The van der Waals surface area contributed by atoms with Gasteiger partial charge in [-0.2, -0.15) is 0 Å². The van der Waals surface area contributed by atoms with Gasteiger partial charge in [-0.1, -0.05) is 36.8 Å². The van der Waals surface area contributed by atoms with Gasteiger partial charge in [0.05, 0.1) is 13.2 Å². The van der Waals surface area contributed by atoms with Crippen molar-refractivity contribution < 1.29 is 38.0 Å². The maximum Gasteiger partial charge on any atom is 0.342 e. The van der Waals surface area contributed by atoms with Crippen molar-refractivity contribution in [3.05, 3.63) is 69.8 Å². The molecule has 0 spiro atoms. The molecule has 38 heavy (non-hydrogen) atoms. The highest BCUT2D eigenvalue weighted by atomic mass is 31.2. The van der Waals surface area contributed by atoms with Crippen molar-refractivity contribution in [2.75, 3.05) is 19.6 Å². The van der Waals surface area contributed by atoms with Gasteiger partial charge in [0.1, 0.15) is 36.1 Å². The lowest BCUT2D eigenvalue weighted by molar-refractivity contribution is -0.144. The van der Waals surface area contributed by atoms with Gasteiger partial charge in [0.25, 0.3) is 0 Å². The van der Waals surface area contributed by atoms with E-state index < -0.39 is 25.5 Å². The largest absolute Gasteiger partial charge is 0.507 e. The normalized spacial score (nSPS) is 15.4. The quantitative estimate of drug-likeness (QED) is 0.199. The van der Waals surface area contributed by atoms with Crippen molar-refractivity contribution in [2.24, 2.45) is 0 Å². The number of phenolic OH excluding ortho intramolecular Hbond substituents is 1. The van der Waals surface area contributed by atoms with E-state index in [-0.39, 0.29) is 37.5 Å². The molecule has 0 saturated carbocycles. The predicted octanol–water partition coefficient (Wildman–Crippen LogP) is 5.21. The zero-order valence-corrected chi connectivity index (χ0v) is 23.4. The summed E-state index contributed by atoms with van der Waals surface area (Å²) in [7, 11) is -3.64.